The second kappa shape index (κ2) is 11.5. The molecule has 9 nitrogen and oxygen atoms in total. The summed E-state index contributed by atoms with van der Waals surface area (Å²) in [6.07, 6.45) is 3.70. The van der Waals surface area contributed by atoms with E-state index in [9.17, 15) is 24.8 Å². The lowest BCUT2D eigenvalue weighted by Gasteiger charge is -2.50. The summed E-state index contributed by atoms with van der Waals surface area (Å²) in [7, 11) is 0. The first kappa shape index (κ1) is 28.6. The normalized spacial score (nSPS) is 22.2. The standard InChI is InChI=1S/C32H38N4O5/c1-32(2,3)41-31(40)36-26-12-10-22(11-13-26)29(36)30(39)34-25(19-33)16-20-4-6-21(7-5-20)23-8-9-24-18-28(38)35(14-15-37)27(24)17-23/h4-9,17,22,25-26,29,37H,10-16,18H2,1-3H3,(H,34,39)/t22?,25-,26?,29-/m0/s1. The van der Waals surface area contributed by atoms with Crippen molar-refractivity contribution in [3.8, 4) is 17.2 Å². The largest absolute Gasteiger partial charge is 0.444 e. The second-order valence-corrected chi connectivity index (χ2v) is 12.3. The summed E-state index contributed by atoms with van der Waals surface area (Å²) in [5.41, 5.74) is 3.93. The minimum absolute atomic E-state index is 0.0126. The Bertz CT molecular complexity index is 1350. The molecule has 4 aliphatic rings. The van der Waals surface area contributed by atoms with E-state index in [0.717, 1.165) is 53.6 Å². The zero-order chi connectivity index (χ0) is 29.3. The Kier molecular flexibility index (Phi) is 8.05. The number of hydrogen-bond donors (Lipinski definition) is 2. The average Bonchev–Trinajstić information content (AvgIpc) is 3.26. The molecule has 216 valence electrons. The van der Waals surface area contributed by atoms with Crippen LogP contribution in [0.1, 0.15) is 57.6 Å². The summed E-state index contributed by atoms with van der Waals surface area (Å²) in [5, 5.41) is 22.1. The molecule has 1 aliphatic carbocycles. The molecule has 3 amide bonds. The molecule has 1 saturated carbocycles. The number of ether oxygens (including phenoxy) is 1. The van der Waals surface area contributed by atoms with Gasteiger partial charge in [0.2, 0.25) is 11.8 Å². The van der Waals surface area contributed by atoms with Crippen molar-refractivity contribution < 1.29 is 24.2 Å². The number of rotatable bonds is 7. The van der Waals surface area contributed by atoms with Gasteiger partial charge in [0.15, 0.2) is 0 Å². The van der Waals surface area contributed by atoms with Gasteiger partial charge in [-0.1, -0.05) is 36.4 Å². The van der Waals surface area contributed by atoms with Gasteiger partial charge in [-0.15, -0.1) is 0 Å². The van der Waals surface area contributed by atoms with E-state index >= 15 is 0 Å². The Morgan fingerprint density at radius 1 is 1.10 bits per heavy atom. The third-order valence-electron chi connectivity index (χ3n) is 8.30. The molecule has 3 fully saturated rings. The lowest BCUT2D eigenvalue weighted by atomic mass is 9.74. The van der Waals surface area contributed by atoms with Crippen LogP contribution in [0.25, 0.3) is 11.1 Å². The van der Waals surface area contributed by atoms with Crippen molar-refractivity contribution in [1.82, 2.24) is 10.2 Å². The van der Waals surface area contributed by atoms with Crippen LogP contribution < -0.4 is 10.2 Å². The number of nitrogens with zero attached hydrogens (tertiary/aromatic N) is 3. The molecular weight excluding hydrogens is 520 g/mol. The Labute approximate surface area is 241 Å². The first-order valence-corrected chi connectivity index (χ1v) is 14.4. The first-order valence-electron chi connectivity index (χ1n) is 14.4. The number of nitrogens with one attached hydrogen (secondary N) is 1. The lowest BCUT2D eigenvalue weighted by molar-refractivity contribution is -0.135. The highest BCUT2D eigenvalue weighted by atomic mass is 16.6. The van der Waals surface area contributed by atoms with Gasteiger partial charge in [0.05, 0.1) is 19.1 Å². The molecule has 2 bridgehead atoms. The number of amides is 3. The number of piperidine rings is 2. The Balaban J connectivity index is 1.26. The Morgan fingerprint density at radius 2 is 1.78 bits per heavy atom. The molecule has 0 aromatic heterocycles. The highest BCUT2D eigenvalue weighted by Crippen LogP contribution is 2.40. The molecule has 0 unspecified atom stereocenters. The first-order chi connectivity index (χ1) is 19.6. The SMILES string of the molecule is CC(C)(C)OC(=O)N1C2CCC(CC2)[C@H]1C(=O)N[C@H](C#N)Cc1ccc(-c2ccc3c(c2)N(CCO)C(=O)C3)cc1. The smallest absolute Gasteiger partial charge is 0.411 e. The van der Waals surface area contributed by atoms with E-state index < -0.39 is 23.8 Å². The fourth-order valence-corrected chi connectivity index (χ4v) is 6.40. The fraction of sp³-hybridized carbons (Fsp3) is 0.500. The summed E-state index contributed by atoms with van der Waals surface area (Å²) in [5.74, 6) is -0.253. The van der Waals surface area contributed by atoms with Crippen molar-refractivity contribution in [3.63, 3.8) is 0 Å². The molecule has 0 spiro atoms. The summed E-state index contributed by atoms with van der Waals surface area (Å²) < 4.78 is 5.64. The number of carbonyl (C=O) groups excluding carboxylic acids is 3. The van der Waals surface area contributed by atoms with Crippen LogP contribution in [0.15, 0.2) is 42.5 Å². The molecule has 3 aliphatic heterocycles. The van der Waals surface area contributed by atoms with Crippen LogP contribution in [0.2, 0.25) is 0 Å². The van der Waals surface area contributed by atoms with E-state index in [-0.39, 0.29) is 36.9 Å². The molecular formula is C32H38N4O5. The number of nitriles is 1. The molecule has 3 heterocycles. The summed E-state index contributed by atoms with van der Waals surface area (Å²) in [4.78, 5) is 42.1. The molecule has 2 N–H and O–H groups in total. The fourth-order valence-electron chi connectivity index (χ4n) is 6.40. The summed E-state index contributed by atoms with van der Waals surface area (Å²) in [6.45, 7) is 5.62. The van der Waals surface area contributed by atoms with Gasteiger partial charge in [-0.2, -0.15) is 5.26 Å². The van der Waals surface area contributed by atoms with Crippen LogP contribution in [-0.4, -0.2) is 64.8 Å². The predicted molar refractivity (Wildman–Crippen MR) is 154 cm³/mol. The van der Waals surface area contributed by atoms with Crippen molar-refractivity contribution in [3.05, 3.63) is 53.6 Å². The highest BCUT2D eigenvalue weighted by Gasteiger charge is 2.49. The van der Waals surface area contributed by atoms with Crippen LogP contribution in [0.4, 0.5) is 10.5 Å². The van der Waals surface area contributed by atoms with Gasteiger partial charge < -0.3 is 20.1 Å². The molecule has 41 heavy (non-hydrogen) atoms. The van der Waals surface area contributed by atoms with Crippen molar-refractivity contribution >= 4 is 23.6 Å². The third kappa shape index (κ3) is 6.08. The van der Waals surface area contributed by atoms with Crippen molar-refractivity contribution in [2.45, 2.75) is 83.0 Å². The average molecular weight is 559 g/mol. The van der Waals surface area contributed by atoms with Crippen LogP contribution in [-0.2, 0) is 27.2 Å². The number of β-amino-alcohol motifs (C(OH)–C–C–N with tert-alkyl or cyclic N) is 1. The predicted octanol–water partition coefficient (Wildman–Crippen LogP) is 3.96. The highest BCUT2D eigenvalue weighted by molar-refractivity contribution is 6.02. The Hall–Kier alpha value is -3.90. The number of benzene rings is 2. The third-order valence-corrected chi connectivity index (χ3v) is 8.30. The second-order valence-electron chi connectivity index (χ2n) is 12.3. The van der Waals surface area contributed by atoms with E-state index in [2.05, 4.69) is 11.4 Å². The van der Waals surface area contributed by atoms with Crippen LogP contribution >= 0.6 is 0 Å². The van der Waals surface area contributed by atoms with E-state index in [0.29, 0.717) is 12.8 Å². The summed E-state index contributed by atoms with van der Waals surface area (Å²) in [6, 6.07) is 14.5. The van der Waals surface area contributed by atoms with Gasteiger partial charge in [0, 0.05) is 24.7 Å². The molecule has 0 radical (unpaired) electrons. The van der Waals surface area contributed by atoms with E-state index in [1.165, 1.54) is 0 Å². The van der Waals surface area contributed by atoms with Crippen molar-refractivity contribution in [1.29, 1.82) is 5.26 Å². The number of aliphatic hydroxyl groups is 1. The molecule has 2 atom stereocenters. The van der Waals surface area contributed by atoms with Crippen molar-refractivity contribution in [2.75, 3.05) is 18.1 Å². The van der Waals surface area contributed by atoms with Gasteiger partial charge in [0.1, 0.15) is 17.7 Å². The van der Waals surface area contributed by atoms with Crippen LogP contribution in [0.3, 0.4) is 0 Å². The van der Waals surface area contributed by atoms with Gasteiger partial charge in [0.25, 0.3) is 0 Å². The molecule has 2 saturated heterocycles. The monoisotopic (exact) mass is 558 g/mol. The van der Waals surface area contributed by atoms with Gasteiger partial charge in [-0.3, -0.25) is 14.5 Å². The lowest BCUT2D eigenvalue weighted by Crippen LogP contribution is -2.64. The van der Waals surface area contributed by atoms with E-state index in [4.69, 9.17) is 4.74 Å². The van der Waals surface area contributed by atoms with Crippen molar-refractivity contribution in [2.24, 2.45) is 5.92 Å². The quantitative estimate of drug-likeness (QED) is 0.530. The van der Waals surface area contributed by atoms with E-state index in [1.54, 1.807) is 9.80 Å². The molecule has 2 aromatic rings. The summed E-state index contributed by atoms with van der Waals surface area (Å²) >= 11 is 0. The number of hydrogen-bond acceptors (Lipinski definition) is 6. The van der Waals surface area contributed by atoms with Gasteiger partial charge in [-0.25, -0.2) is 4.79 Å². The zero-order valence-electron chi connectivity index (χ0n) is 23.9. The number of aliphatic hydroxyl groups excluding tert-OH is 1. The van der Waals surface area contributed by atoms with Gasteiger partial charge >= 0.3 is 6.09 Å². The van der Waals surface area contributed by atoms with Gasteiger partial charge in [-0.05, 0) is 80.7 Å². The number of anilines is 1. The molecule has 2 aromatic carbocycles. The number of carbonyl (C=O) groups is 3. The minimum atomic E-state index is -0.743. The molecule has 6 rings (SSSR count). The minimum Gasteiger partial charge on any atom is -0.444 e. The topological polar surface area (TPSA) is 123 Å². The van der Waals surface area contributed by atoms with E-state index in [1.807, 2.05) is 63.2 Å². The zero-order valence-corrected chi connectivity index (χ0v) is 23.9. The van der Waals surface area contributed by atoms with Crippen LogP contribution in [0, 0.1) is 17.2 Å². The number of fused-ring (bicyclic) bond motifs is 4. The Morgan fingerprint density at radius 3 is 2.41 bits per heavy atom. The maximum absolute atomic E-state index is 13.5. The van der Waals surface area contributed by atoms with Crippen LogP contribution in [0.5, 0.6) is 0 Å². The maximum Gasteiger partial charge on any atom is 0.411 e. The maximum atomic E-state index is 13.5. The molecule has 9 heteroatoms.